The van der Waals surface area contributed by atoms with Crippen LogP contribution < -0.4 is 0 Å². The van der Waals surface area contributed by atoms with Crippen LogP contribution in [0.5, 0.6) is 0 Å². The fraction of sp³-hybridized carbons (Fsp3) is 0.455. The van der Waals surface area contributed by atoms with Gasteiger partial charge >= 0.3 is 0 Å². The highest BCUT2D eigenvalue weighted by Crippen LogP contribution is 2.20. The Labute approximate surface area is 74.1 Å². The van der Waals surface area contributed by atoms with E-state index in [-0.39, 0.29) is 12.0 Å². The van der Waals surface area contributed by atoms with Gasteiger partial charge in [0.2, 0.25) is 0 Å². The quantitative estimate of drug-likeness (QED) is 0.712. The van der Waals surface area contributed by atoms with Gasteiger partial charge in [-0.25, -0.2) is 0 Å². The minimum absolute atomic E-state index is 0.285. The molecule has 66 valence electrons. The van der Waals surface area contributed by atoms with Crippen molar-refractivity contribution >= 4 is 0 Å². The summed E-state index contributed by atoms with van der Waals surface area (Å²) in [6, 6.07) is 8.03. The first-order valence-electron chi connectivity index (χ1n) is 4.36. The molecule has 12 heavy (non-hydrogen) atoms. The Hall–Kier alpha value is -0.820. The van der Waals surface area contributed by atoms with E-state index in [0.29, 0.717) is 0 Å². The molecule has 0 amide bonds. The fourth-order valence-electron chi connectivity index (χ4n) is 1.15. The molecular formula is C11H16O. The zero-order valence-electron chi connectivity index (χ0n) is 7.91. The molecule has 1 nitrogen and oxygen atoms in total. The number of benzene rings is 1. The second-order valence-corrected chi connectivity index (χ2v) is 3.60. The van der Waals surface area contributed by atoms with Crippen molar-refractivity contribution in [1.82, 2.24) is 0 Å². The van der Waals surface area contributed by atoms with Gasteiger partial charge in [-0.15, -0.1) is 0 Å². The van der Waals surface area contributed by atoms with Gasteiger partial charge in [0.1, 0.15) is 0 Å². The van der Waals surface area contributed by atoms with Crippen LogP contribution in [0, 0.1) is 12.8 Å². The largest absolute Gasteiger partial charge is 0.388 e. The normalized spacial score (nSPS) is 13.4. The maximum Gasteiger partial charge on any atom is 0.0812 e. The Bertz CT molecular complexity index is 236. The summed E-state index contributed by atoms with van der Waals surface area (Å²) >= 11 is 0. The summed E-state index contributed by atoms with van der Waals surface area (Å²) in [5.74, 6) is 0.285. The van der Waals surface area contributed by atoms with Crippen LogP contribution in [0.15, 0.2) is 24.3 Å². The molecule has 1 N–H and O–H groups in total. The topological polar surface area (TPSA) is 20.2 Å². The van der Waals surface area contributed by atoms with E-state index in [1.54, 1.807) is 0 Å². The molecular weight excluding hydrogens is 148 g/mol. The number of aryl methyl sites for hydroxylation is 1. The molecule has 1 atom stereocenters. The lowest BCUT2D eigenvalue weighted by Gasteiger charge is -2.14. The Morgan fingerprint density at radius 3 is 2.00 bits per heavy atom. The molecule has 0 spiro atoms. The first-order valence-corrected chi connectivity index (χ1v) is 4.36. The average molecular weight is 164 g/mol. The molecule has 0 fully saturated rings. The summed E-state index contributed by atoms with van der Waals surface area (Å²) in [6.07, 6.45) is -0.328. The van der Waals surface area contributed by atoms with Crippen LogP contribution in [-0.2, 0) is 0 Å². The highest BCUT2D eigenvalue weighted by molar-refractivity contribution is 5.23. The summed E-state index contributed by atoms with van der Waals surface area (Å²) in [5, 5.41) is 9.69. The van der Waals surface area contributed by atoms with E-state index in [1.165, 1.54) is 5.56 Å². The van der Waals surface area contributed by atoms with Gasteiger partial charge in [0.05, 0.1) is 6.10 Å². The van der Waals surface area contributed by atoms with Gasteiger partial charge in [-0.2, -0.15) is 0 Å². The van der Waals surface area contributed by atoms with Crippen molar-refractivity contribution in [3.63, 3.8) is 0 Å². The van der Waals surface area contributed by atoms with E-state index in [1.807, 2.05) is 45.0 Å². The molecule has 0 aliphatic carbocycles. The van der Waals surface area contributed by atoms with Crippen molar-refractivity contribution in [2.24, 2.45) is 5.92 Å². The van der Waals surface area contributed by atoms with Crippen molar-refractivity contribution < 1.29 is 5.11 Å². The summed E-state index contributed by atoms with van der Waals surface area (Å²) in [5.41, 5.74) is 2.24. The second kappa shape index (κ2) is 3.72. The van der Waals surface area contributed by atoms with Crippen LogP contribution in [0.2, 0.25) is 0 Å². The maximum atomic E-state index is 9.69. The summed E-state index contributed by atoms with van der Waals surface area (Å²) in [4.78, 5) is 0. The Morgan fingerprint density at radius 1 is 1.08 bits per heavy atom. The summed E-state index contributed by atoms with van der Waals surface area (Å²) in [7, 11) is 0. The SMILES string of the molecule is Cc1ccc(C(O)C(C)C)cc1. The number of hydrogen-bond donors (Lipinski definition) is 1. The van der Waals surface area contributed by atoms with Crippen molar-refractivity contribution in [2.75, 3.05) is 0 Å². The second-order valence-electron chi connectivity index (χ2n) is 3.60. The van der Waals surface area contributed by atoms with Crippen LogP contribution in [0.3, 0.4) is 0 Å². The minimum atomic E-state index is -0.328. The first-order chi connectivity index (χ1) is 5.61. The van der Waals surface area contributed by atoms with Gasteiger partial charge in [-0.1, -0.05) is 43.7 Å². The maximum absolute atomic E-state index is 9.69. The van der Waals surface area contributed by atoms with Gasteiger partial charge in [0.15, 0.2) is 0 Å². The van der Waals surface area contributed by atoms with Gasteiger partial charge < -0.3 is 5.11 Å². The third-order valence-electron chi connectivity index (χ3n) is 2.05. The van der Waals surface area contributed by atoms with E-state index < -0.39 is 0 Å². The van der Waals surface area contributed by atoms with E-state index in [4.69, 9.17) is 0 Å². The number of aliphatic hydroxyl groups excluding tert-OH is 1. The van der Waals surface area contributed by atoms with Crippen molar-refractivity contribution in [1.29, 1.82) is 0 Å². The molecule has 0 radical (unpaired) electrons. The molecule has 1 rings (SSSR count). The monoisotopic (exact) mass is 164 g/mol. The van der Waals surface area contributed by atoms with E-state index >= 15 is 0 Å². The van der Waals surface area contributed by atoms with Gasteiger partial charge in [-0.05, 0) is 18.4 Å². The third kappa shape index (κ3) is 2.08. The van der Waals surface area contributed by atoms with E-state index in [0.717, 1.165) is 5.56 Å². The predicted molar refractivity (Wildman–Crippen MR) is 51.0 cm³/mol. The smallest absolute Gasteiger partial charge is 0.0812 e. The van der Waals surface area contributed by atoms with Crippen molar-refractivity contribution in [3.05, 3.63) is 35.4 Å². The zero-order valence-corrected chi connectivity index (χ0v) is 7.91. The standard InChI is InChI=1S/C11H16O/c1-8(2)11(12)10-6-4-9(3)5-7-10/h4-8,11-12H,1-3H3. The van der Waals surface area contributed by atoms with Gasteiger partial charge in [-0.3, -0.25) is 0 Å². The van der Waals surface area contributed by atoms with Crippen molar-refractivity contribution in [3.8, 4) is 0 Å². The van der Waals surface area contributed by atoms with Crippen LogP contribution in [0.4, 0.5) is 0 Å². The number of rotatable bonds is 2. The van der Waals surface area contributed by atoms with Crippen molar-refractivity contribution in [2.45, 2.75) is 26.9 Å². The molecule has 1 aromatic carbocycles. The molecule has 0 aliphatic heterocycles. The molecule has 1 unspecified atom stereocenters. The fourth-order valence-corrected chi connectivity index (χ4v) is 1.15. The third-order valence-corrected chi connectivity index (χ3v) is 2.05. The predicted octanol–water partition coefficient (Wildman–Crippen LogP) is 2.68. The van der Waals surface area contributed by atoms with Crippen LogP contribution in [0.1, 0.15) is 31.1 Å². The Kier molecular flexibility index (Phi) is 2.88. The molecule has 0 heterocycles. The van der Waals surface area contributed by atoms with Crippen LogP contribution in [-0.4, -0.2) is 5.11 Å². The van der Waals surface area contributed by atoms with E-state index in [9.17, 15) is 5.11 Å². The van der Waals surface area contributed by atoms with Crippen LogP contribution >= 0.6 is 0 Å². The lowest BCUT2D eigenvalue weighted by atomic mass is 9.98. The van der Waals surface area contributed by atoms with Gasteiger partial charge in [0, 0.05) is 0 Å². The number of aliphatic hydroxyl groups is 1. The van der Waals surface area contributed by atoms with Gasteiger partial charge in [0.25, 0.3) is 0 Å². The summed E-state index contributed by atoms with van der Waals surface area (Å²) in [6.45, 7) is 6.08. The van der Waals surface area contributed by atoms with E-state index in [2.05, 4.69) is 0 Å². The lowest BCUT2D eigenvalue weighted by molar-refractivity contribution is 0.127. The lowest BCUT2D eigenvalue weighted by Crippen LogP contribution is -2.04. The molecule has 0 aliphatic rings. The molecule has 1 aromatic rings. The Morgan fingerprint density at radius 2 is 1.58 bits per heavy atom. The average Bonchev–Trinajstić information content (AvgIpc) is 2.04. The summed E-state index contributed by atoms with van der Waals surface area (Å²) < 4.78 is 0. The zero-order chi connectivity index (χ0) is 9.14. The number of hydrogen-bond acceptors (Lipinski definition) is 1. The molecule has 0 saturated heterocycles. The molecule has 0 bridgehead atoms. The molecule has 0 aromatic heterocycles. The minimum Gasteiger partial charge on any atom is -0.388 e. The highest BCUT2D eigenvalue weighted by Gasteiger charge is 2.10. The van der Waals surface area contributed by atoms with Crippen LogP contribution in [0.25, 0.3) is 0 Å². The molecule has 0 saturated carbocycles. The molecule has 1 heteroatoms. The Balaban J connectivity index is 2.82. The highest BCUT2D eigenvalue weighted by atomic mass is 16.3. The first kappa shape index (κ1) is 9.27.